The van der Waals surface area contributed by atoms with Gasteiger partial charge in [-0.05, 0) is 12.1 Å². The van der Waals surface area contributed by atoms with E-state index in [0.29, 0.717) is 0 Å². The Morgan fingerprint density at radius 2 is 2.18 bits per heavy atom. The van der Waals surface area contributed by atoms with Gasteiger partial charge in [-0.2, -0.15) is 0 Å². The molecular formula is C7H7ClFNO. The number of anilines is 1. The summed E-state index contributed by atoms with van der Waals surface area (Å²) in [5.41, 5.74) is 5.62. The molecule has 1 aromatic carbocycles. The van der Waals surface area contributed by atoms with Crippen molar-refractivity contribution in [3.63, 3.8) is 0 Å². The molecule has 0 saturated carbocycles. The first-order chi connectivity index (χ1) is 5.15. The maximum absolute atomic E-state index is 12.8. The van der Waals surface area contributed by atoms with Gasteiger partial charge in [-0.15, -0.1) is 0 Å². The fourth-order valence-electron chi connectivity index (χ4n) is 0.790. The Balaban J connectivity index is 3.25. The van der Waals surface area contributed by atoms with Gasteiger partial charge in [0.05, 0.1) is 6.61 Å². The van der Waals surface area contributed by atoms with Crippen molar-refractivity contribution in [2.24, 2.45) is 0 Å². The molecule has 0 atom stereocenters. The van der Waals surface area contributed by atoms with E-state index in [-0.39, 0.29) is 16.3 Å². The third-order valence-corrected chi connectivity index (χ3v) is 1.57. The zero-order chi connectivity index (χ0) is 8.43. The van der Waals surface area contributed by atoms with Gasteiger partial charge >= 0.3 is 0 Å². The van der Waals surface area contributed by atoms with E-state index >= 15 is 0 Å². The molecule has 0 spiro atoms. The summed E-state index contributed by atoms with van der Waals surface area (Å²) in [4.78, 5) is 0. The molecule has 3 N–H and O–H groups in total. The van der Waals surface area contributed by atoms with Crippen molar-refractivity contribution in [3.8, 4) is 0 Å². The number of hydrogen-bond donors (Lipinski definition) is 2. The summed E-state index contributed by atoms with van der Waals surface area (Å²) in [6.45, 7) is -0.408. The van der Waals surface area contributed by atoms with E-state index < -0.39 is 12.4 Å². The first-order valence-electron chi connectivity index (χ1n) is 2.99. The van der Waals surface area contributed by atoms with E-state index in [2.05, 4.69) is 0 Å². The molecule has 4 heteroatoms. The van der Waals surface area contributed by atoms with Crippen molar-refractivity contribution in [2.45, 2.75) is 6.61 Å². The van der Waals surface area contributed by atoms with Crippen molar-refractivity contribution in [3.05, 3.63) is 28.5 Å². The quantitative estimate of drug-likeness (QED) is 0.637. The fraction of sp³-hybridized carbons (Fsp3) is 0.143. The molecule has 0 aromatic heterocycles. The van der Waals surface area contributed by atoms with Crippen LogP contribution in [0.4, 0.5) is 10.1 Å². The van der Waals surface area contributed by atoms with Gasteiger partial charge in [0, 0.05) is 16.3 Å². The van der Waals surface area contributed by atoms with E-state index in [1.165, 1.54) is 6.07 Å². The van der Waals surface area contributed by atoms with Crippen molar-refractivity contribution in [1.82, 2.24) is 0 Å². The Morgan fingerprint density at radius 3 is 2.64 bits per heavy atom. The maximum Gasteiger partial charge on any atom is 0.132 e. The predicted molar refractivity (Wildman–Crippen MR) is 41.7 cm³/mol. The lowest BCUT2D eigenvalue weighted by Gasteiger charge is -2.03. The van der Waals surface area contributed by atoms with Crippen LogP contribution in [0.2, 0.25) is 5.02 Å². The number of aliphatic hydroxyl groups is 1. The van der Waals surface area contributed by atoms with E-state index in [4.69, 9.17) is 22.4 Å². The maximum atomic E-state index is 12.8. The summed E-state index contributed by atoms with van der Waals surface area (Å²) >= 11 is 5.48. The zero-order valence-corrected chi connectivity index (χ0v) is 6.40. The number of hydrogen-bond acceptors (Lipinski definition) is 2. The van der Waals surface area contributed by atoms with Crippen LogP contribution in [0.15, 0.2) is 12.1 Å². The van der Waals surface area contributed by atoms with E-state index in [9.17, 15) is 4.39 Å². The Hall–Kier alpha value is -0.800. The summed E-state index contributed by atoms with van der Waals surface area (Å²) in [6.07, 6.45) is 0. The first kappa shape index (κ1) is 8.30. The number of aliphatic hydroxyl groups excluding tert-OH is 1. The molecule has 0 bridgehead atoms. The third kappa shape index (κ3) is 1.61. The molecular weight excluding hydrogens is 169 g/mol. The lowest BCUT2D eigenvalue weighted by Crippen LogP contribution is -1.97. The highest BCUT2D eigenvalue weighted by molar-refractivity contribution is 6.30. The van der Waals surface area contributed by atoms with Crippen LogP contribution in [-0.2, 0) is 6.61 Å². The molecule has 11 heavy (non-hydrogen) atoms. The Bertz CT molecular complexity index is 254. The number of rotatable bonds is 1. The van der Waals surface area contributed by atoms with Crippen molar-refractivity contribution in [2.75, 3.05) is 5.73 Å². The van der Waals surface area contributed by atoms with Crippen LogP contribution >= 0.6 is 11.6 Å². The highest BCUT2D eigenvalue weighted by Crippen LogP contribution is 2.21. The monoisotopic (exact) mass is 175 g/mol. The topological polar surface area (TPSA) is 46.2 Å². The average molecular weight is 176 g/mol. The first-order valence-corrected chi connectivity index (χ1v) is 3.37. The molecule has 0 fully saturated rings. The smallest absolute Gasteiger partial charge is 0.132 e. The molecule has 0 aliphatic carbocycles. The van der Waals surface area contributed by atoms with Gasteiger partial charge in [-0.3, -0.25) is 0 Å². The van der Waals surface area contributed by atoms with Crippen molar-refractivity contribution >= 4 is 17.3 Å². The lowest BCUT2D eigenvalue weighted by molar-refractivity contribution is 0.276. The molecule has 1 aromatic rings. The van der Waals surface area contributed by atoms with Gasteiger partial charge in [0.1, 0.15) is 5.82 Å². The lowest BCUT2D eigenvalue weighted by atomic mass is 10.2. The number of benzene rings is 1. The van der Waals surface area contributed by atoms with Crippen LogP contribution in [0.25, 0.3) is 0 Å². The molecule has 1 rings (SSSR count). The van der Waals surface area contributed by atoms with Crippen LogP contribution in [-0.4, -0.2) is 5.11 Å². The van der Waals surface area contributed by atoms with Gasteiger partial charge in [0.2, 0.25) is 0 Å². The summed E-state index contributed by atoms with van der Waals surface area (Å²) < 4.78 is 12.8. The second-order valence-electron chi connectivity index (χ2n) is 2.11. The Kier molecular flexibility index (Phi) is 2.31. The molecule has 0 unspecified atom stereocenters. The van der Waals surface area contributed by atoms with E-state index in [1.54, 1.807) is 0 Å². The van der Waals surface area contributed by atoms with Gasteiger partial charge < -0.3 is 10.8 Å². The molecule has 60 valence electrons. The number of halogens is 2. The molecule has 0 heterocycles. The largest absolute Gasteiger partial charge is 0.398 e. The minimum Gasteiger partial charge on any atom is -0.398 e. The molecule has 0 radical (unpaired) electrons. The summed E-state index contributed by atoms with van der Waals surface area (Å²) in [6, 6.07) is 2.51. The summed E-state index contributed by atoms with van der Waals surface area (Å²) in [5.74, 6) is -0.572. The van der Waals surface area contributed by atoms with Gasteiger partial charge in [0.25, 0.3) is 0 Å². The normalized spacial score (nSPS) is 10.1. The highest BCUT2D eigenvalue weighted by atomic mass is 35.5. The highest BCUT2D eigenvalue weighted by Gasteiger charge is 2.05. The SMILES string of the molecule is Nc1cc(Cl)cc(F)c1CO. The van der Waals surface area contributed by atoms with E-state index in [0.717, 1.165) is 6.07 Å². The predicted octanol–water partition coefficient (Wildman–Crippen LogP) is 1.55. The number of nitrogens with two attached hydrogens (primary N) is 1. The zero-order valence-electron chi connectivity index (χ0n) is 5.64. The van der Waals surface area contributed by atoms with E-state index in [1.807, 2.05) is 0 Å². The molecule has 0 saturated heterocycles. The average Bonchev–Trinajstić information content (AvgIpc) is 1.85. The molecule has 0 amide bonds. The van der Waals surface area contributed by atoms with Gasteiger partial charge in [0.15, 0.2) is 0 Å². The van der Waals surface area contributed by atoms with Crippen molar-refractivity contribution < 1.29 is 9.50 Å². The molecule has 0 aliphatic rings. The Labute approximate surface area is 68.4 Å². The van der Waals surface area contributed by atoms with Crippen LogP contribution in [0.1, 0.15) is 5.56 Å². The fourth-order valence-corrected chi connectivity index (χ4v) is 1.00. The number of nitrogen functional groups attached to an aromatic ring is 1. The molecule has 0 aliphatic heterocycles. The third-order valence-electron chi connectivity index (χ3n) is 1.35. The van der Waals surface area contributed by atoms with Crippen LogP contribution in [0.5, 0.6) is 0 Å². The van der Waals surface area contributed by atoms with Crippen LogP contribution in [0, 0.1) is 5.82 Å². The second kappa shape index (κ2) is 3.07. The van der Waals surface area contributed by atoms with Crippen LogP contribution in [0.3, 0.4) is 0 Å². The van der Waals surface area contributed by atoms with Gasteiger partial charge in [-0.25, -0.2) is 4.39 Å². The van der Waals surface area contributed by atoms with Gasteiger partial charge in [-0.1, -0.05) is 11.6 Å². The Morgan fingerprint density at radius 1 is 1.55 bits per heavy atom. The van der Waals surface area contributed by atoms with Crippen molar-refractivity contribution in [1.29, 1.82) is 0 Å². The minimum absolute atomic E-state index is 0.0920. The summed E-state index contributed by atoms with van der Waals surface area (Å²) in [5, 5.41) is 8.86. The van der Waals surface area contributed by atoms with Crippen LogP contribution < -0.4 is 5.73 Å². The summed E-state index contributed by atoms with van der Waals surface area (Å²) in [7, 11) is 0. The second-order valence-corrected chi connectivity index (χ2v) is 2.55. The standard InChI is InChI=1S/C7H7ClFNO/c8-4-1-6(9)5(3-11)7(10)2-4/h1-2,11H,3,10H2. The minimum atomic E-state index is -0.572. The molecule has 2 nitrogen and oxygen atoms in total.